The molecular weight excluding hydrogens is 328 g/mol. The summed E-state index contributed by atoms with van der Waals surface area (Å²) in [5, 5.41) is 5.70. The zero-order valence-electron chi connectivity index (χ0n) is 12.6. The van der Waals surface area contributed by atoms with Gasteiger partial charge >= 0.3 is 0 Å². The molecule has 1 aliphatic heterocycles. The summed E-state index contributed by atoms with van der Waals surface area (Å²) in [4.78, 5) is 25.7. The van der Waals surface area contributed by atoms with E-state index in [9.17, 15) is 9.59 Å². The van der Waals surface area contributed by atoms with Crippen LogP contribution in [0.2, 0.25) is 0 Å². The Kier molecular flexibility index (Phi) is 4.93. The van der Waals surface area contributed by atoms with Crippen LogP contribution in [0.1, 0.15) is 5.56 Å². The number of rotatable bonds is 4. The predicted molar refractivity (Wildman–Crippen MR) is 96.3 cm³/mol. The quantitative estimate of drug-likeness (QED) is 0.829. The van der Waals surface area contributed by atoms with E-state index in [4.69, 9.17) is 0 Å². The number of benzene rings is 2. The molecule has 2 aromatic carbocycles. The fourth-order valence-electron chi connectivity index (χ4n) is 2.22. The van der Waals surface area contributed by atoms with E-state index in [0.29, 0.717) is 17.2 Å². The Bertz CT molecular complexity index is 762. The molecule has 3 rings (SSSR count). The highest BCUT2D eigenvalue weighted by Crippen LogP contribution is 2.33. The number of fused-ring (bicyclic) bond motifs is 1. The summed E-state index contributed by atoms with van der Waals surface area (Å²) in [6, 6.07) is 13.6. The Balaban J connectivity index is 1.61. The van der Waals surface area contributed by atoms with Gasteiger partial charge < -0.3 is 10.6 Å². The average Bonchev–Trinajstić information content (AvgIpc) is 2.54. The third kappa shape index (κ3) is 4.09. The van der Waals surface area contributed by atoms with Gasteiger partial charge in [0.1, 0.15) is 0 Å². The summed E-state index contributed by atoms with van der Waals surface area (Å²) < 4.78 is 0. The maximum atomic E-state index is 12.1. The molecule has 0 aliphatic carbocycles. The molecule has 1 heterocycles. The second kappa shape index (κ2) is 7.10. The van der Waals surface area contributed by atoms with Gasteiger partial charge in [-0.25, -0.2) is 0 Å². The number of amides is 2. The lowest BCUT2D eigenvalue weighted by atomic mass is 10.2. The molecular formula is C17H16N2O2S2. The second-order valence-corrected chi connectivity index (χ2v) is 7.18. The van der Waals surface area contributed by atoms with Crippen LogP contribution in [0.4, 0.5) is 11.4 Å². The first-order valence-corrected chi connectivity index (χ1v) is 9.14. The van der Waals surface area contributed by atoms with Crippen molar-refractivity contribution in [3.8, 4) is 0 Å². The maximum Gasteiger partial charge on any atom is 0.234 e. The van der Waals surface area contributed by atoms with E-state index in [0.717, 1.165) is 15.5 Å². The summed E-state index contributed by atoms with van der Waals surface area (Å²) >= 11 is 3.02. The number of thioether (sulfide) groups is 2. The van der Waals surface area contributed by atoms with Crippen molar-refractivity contribution in [2.75, 3.05) is 22.1 Å². The van der Waals surface area contributed by atoms with Gasteiger partial charge in [0.05, 0.1) is 17.2 Å². The van der Waals surface area contributed by atoms with E-state index < -0.39 is 0 Å². The Morgan fingerprint density at radius 2 is 2.13 bits per heavy atom. The average molecular weight is 344 g/mol. The lowest BCUT2D eigenvalue weighted by molar-refractivity contribution is -0.114. The van der Waals surface area contributed by atoms with Gasteiger partial charge in [0.15, 0.2) is 0 Å². The van der Waals surface area contributed by atoms with Crippen molar-refractivity contribution in [2.24, 2.45) is 0 Å². The molecule has 1 aliphatic rings. The van der Waals surface area contributed by atoms with Crippen LogP contribution in [0.3, 0.4) is 0 Å². The minimum atomic E-state index is -0.0620. The molecule has 0 fully saturated rings. The molecule has 4 nitrogen and oxygen atoms in total. The van der Waals surface area contributed by atoms with Gasteiger partial charge in [-0.05, 0) is 36.8 Å². The minimum absolute atomic E-state index is 0.0129. The van der Waals surface area contributed by atoms with Crippen LogP contribution in [0.15, 0.2) is 52.3 Å². The first kappa shape index (κ1) is 16.0. The topological polar surface area (TPSA) is 58.2 Å². The van der Waals surface area contributed by atoms with Crippen molar-refractivity contribution in [1.82, 2.24) is 0 Å². The van der Waals surface area contributed by atoms with Gasteiger partial charge in [-0.1, -0.05) is 18.2 Å². The molecule has 118 valence electrons. The SMILES string of the molecule is Cc1ccccc1SCC(=O)Nc1ccc2c(c1)NC(=O)CS2. The standard InChI is InChI=1S/C17H16N2O2S2/c1-11-4-2-3-5-14(11)22-9-16(20)18-12-6-7-15-13(8-12)19-17(21)10-23-15/h2-8H,9-10H2,1H3,(H,18,20)(H,19,21). The fraction of sp³-hybridized carbons (Fsp3) is 0.176. The normalized spacial score (nSPS) is 13.2. The Labute approximate surface area is 143 Å². The summed E-state index contributed by atoms with van der Waals surface area (Å²) in [5.41, 5.74) is 2.62. The zero-order valence-corrected chi connectivity index (χ0v) is 14.2. The number of nitrogens with one attached hydrogen (secondary N) is 2. The van der Waals surface area contributed by atoms with E-state index in [-0.39, 0.29) is 11.8 Å². The molecule has 6 heteroatoms. The highest BCUT2D eigenvalue weighted by molar-refractivity contribution is 8.00. The number of hydrogen-bond acceptors (Lipinski definition) is 4. The lowest BCUT2D eigenvalue weighted by Crippen LogP contribution is -2.19. The van der Waals surface area contributed by atoms with Gasteiger partial charge in [-0.3, -0.25) is 9.59 Å². The Morgan fingerprint density at radius 1 is 1.30 bits per heavy atom. The van der Waals surface area contributed by atoms with E-state index >= 15 is 0 Å². The van der Waals surface area contributed by atoms with Gasteiger partial charge in [-0.2, -0.15) is 0 Å². The van der Waals surface area contributed by atoms with Crippen molar-refractivity contribution < 1.29 is 9.59 Å². The number of anilines is 2. The molecule has 0 atom stereocenters. The smallest absolute Gasteiger partial charge is 0.234 e. The fourth-order valence-corrected chi connectivity index (χ4v) is 3.84. The molecule has 0 unspecified atom stereocenters. The molecule has 0 saturated heterocycles. The van der Waals surface area contributed by atoms with Gasteiger partial charge in [-0.15, -0.1) is 23.5 Å². The molecule has 0 spiro atoms. The molecule has 0 bridgehead atoms. The predicted octanol–water partition coefficient (Wildman–Crippen LogP) is 3.77. The lowest BCUT2D eigenvalue weighted by Gasteiger charge is -2.17. The van der Waals surface area contributed by atoms with E-state index in [1.54, 1.807) is 6.07 Å². The molecule has 0 radical (unpaired) electrons. The van der Waals surface area contributed by atoms with Crippen LogP contribution in [0, 0.1) is 6.92 Å². The monoisotopic (exact) mass is 344 g/mol. The van der Waals surface area contributed by atoms with Crippen LogP contribution in [-0.4, -0.2) is 23.3 Å². The van der Waals surface area contributed by atoms with Crippen LogP contribution in [0.5, 0.6) is 0 Å². The van der Waals surface area contributed by atoms with Crippen LogP contribution < -0.4 is 10.6 Å². The first-order valence-electron chi connectivity index (χ1n) is 7.17. The Hall–Kier alpha value is -1.92. The van der Waals surface area contributed by atoms with Crippen molar-refractivity contribution >= 4 is 46.7 Å². The molecule has 0 saturated carbocycles. The molecule has 2 aromatic rings. The Morgan fingerprint density at radius 3 is 2.96 bits per heavy atom. The van der Waals surface area contributed by atoms with E-state index in [2.05, 4.69) is 10.6 Å². The van der Waals surface area contributed by atoms with Crippen LogP contribution in [0.25, 0.3) is 0 Å². The number of carbonyl (C=O) groups excluding carboxylic acids is 2. The highest BCUT2D eigenvalue weighted by Gasteiger charge is 2.16. The molecule has 2 N–H and O–H groups in total. The summed E-state index contributed by atoms with van der Waals surface area (Å²) in [6.07, 6.45) is 0. The maximum absolute atomic E-state index is 12.1. The van der Waals surface area contributed by atoms with Crippen LogP contribution >= 0.6 is 23.5 Å². The zero-order chi connectivity index (χ0) is 16.2. The summed E-state index contributed by atoms with van der Waals surface area (Å²) in [5.74, 6) is 0.712. The first-order chi connectivity index (χ1) is 11.1. The number of carbonyl (C=O) groups is 2. The number of hydrogen-bond donors (Lipinski definition) is 2. The second-order valence-electron chi connectivity index (χ2n) is 5.15. The van der Waals surface area contributed by atoms with Crippen molar-refractivity contribution in [3.05, 3.63) is 48.0 Å². The molecule has 0 aromatic heterocycles. The summed E-state index contributed by atoms with van der Waals surface area (Å²) in [7, 11) is 0. The molecule has 23 heavy (non-hydrogen) atoms. The summed E-state index contributed by atoms with van der Waals surface area (Å²) in [6.45, 7) is 2.03. The molecule has 2 amide bonds. The highest BCUT2D eigenvalue weighted by atomic mass is 32.2. The van der Waals surface area contributed by atoms with Gasteiger partial charge in [0.2, 0.25) is 11.8 Å². The number of aryl methyl sites for hydroxylation is 1. The largest absolute Gasteiger partial charge is 0.325 e. The minimum Gasteiger partial charge on any atom is -0.325 e. The van der Waals surface area contributed by atoms with E-state index in [1.807, 2.05) is 43.3 Å². The van der Waals surface area contributed by atoms with Crippen molar-refractivity contribution in [2.45, 2.75) is 16.7 Å². The third-order valence-electron chi connectivity index (χ3n) is 3.35. The third-order valence-corrected chi connectivity index (χ3v) is 5.60. The van der Waals surface area contributed by atoms with Crippen molar-refractivity contribution in [1.29, 1.82) is 0 Å². The van der Waals surface area contributed by atoms with Gasteiger partial charge in [0, 0.05) is 15.5 Å². The van der Waals surface area contributed by atoms with E-state index in [1.165, 1.54) is 29.1 Å². The van der Waals surface area contributed by atoms with Crippen molar-refractivity contribution in [3.63, 3.8) is 0 Å². The van der Waals surface area contributed by atoms with Crippen LogP contribution in [-0.2, 0) is 9.59 Å². The van der Waals surface area contributed by atoms with Gasteiger partial charge in [0.25, 0.3) is 0 Å².